The Kier molecular flexibility index (Phi) is 5.36. The minimum absolute atomic E-state index is 0.214. The molecular formula is C14H26N4O. The molecule has 108 valence electrons. The van der Waals surface area contributed by atoms with Crippen LogP contribution in [0.2, 0.25) is 0 Å². The number of nitrogens with zero attached hydrogens (tertiary/aromatic N) is 3. The van der Waals surface area contributed by atoms with Gasteiger partial charge in [-0.05, 0) is 39.3 Å². The van der Waals surface area contributed by atoms with Crippen molar-refractivity contribution in [1.29, 1.82) is 0 Å². The largest absolute Gasteiger partial charge is 0.395 e. The Bertz CT molecular complexity index is 385. The molecule has 5 heteroatoms. The summed E-state index contributed by atoms with van der Waals surface area (Å²) in [6.45, 7) is 9.00. The summed E-state index contributed by atoms with van der Waals surface area (Å²) in [5.41, 5.74) is 2.31. The Morgan fingerprint density at radius 3 is 3.05 bits per heavy atom. The lowest BCUT2D eigenvalue weighted by atomic mass is 10.2. The summed E-state index contributed by atoms with van der Waals surface area (Å²) in [6, 6.07) is 2.72. The van der Waals surface area contributed by atoms with E-state index in [1.807, 2.05) is 6.92 Å². The average Bonchev–Trinajstić information content (AvgIpc) is 2.99. The van der Waals surface area contributed by atoms with Gasteiger partial charge in [0, 0.05) is 32.2 Å². The molecule has 1 fully saturated rings. The van der Waals surface area contributed by atoms with Crippen LogP contribution in [0, 0.1) is 6.92 Å². The molecule has 1 saturated heterocycles. The van der Waals surface area contributed by atoms with Crippen LogP contribution in [0.5, 0.6) is 0 Å². The molecule has 1 aliphatic rings. The van der Waals surface area contributed by atoms with Crippen molar-refractivity contribution in [1.82, 2.24) is 20.0 Å². The molecule has 0 spiro atoms. The van der Waals surface area contributed by atoms with Crippen molar-refractivity contribution in [2.24, 2.45) is 0 Å². The van der Waals surface area contributed by atoms with Crippen LogP contribution in [0.1, 0.15) is 31.2 Å². The molecule has 0 saturated carbocycles. The summed E-state index contributed by atoms with van der Waals surface area (Å²) in [6.07, 6.45) is 2.51. The molecule has 1 atom stereocenters. The highest BCUT2D eigenvalue weighted by Crippen LogP contribution is 2.11. The maximum atomic E-state index is 9.24. The molecule has 0 aliphatic carbocycles. The lowest BCUT2D eigenvalue weighted by Gasteiger charge is -2.25. The molecule has 5 nitrogen and oxygen atoms in total. The summed E-state index contributed by atoms with van der Waals surface area (Å²) in [5, 5.41) is 17.2. The van der Waals surface area contributed by atoms with Crippen molar-refractivity contribution in [3.8, 4) is 0 Å². The number of aryl methyl sites for hydroxylation is 2. The van der Waals surface area contributed by atoms with Crippen molar-refractivity contribution in [3.05, 3.63) is 17.5 Å². The van der Waals surface area contributed by atoms with Gasteiger partial charge in [-0.2, -0.15) is 5.10 Å². The van der Waals surface area contributed by atoms with Crippen molar-refractivity contribution in [2.75, 3.05) is 26.2 Å². The molecule has 0 bridgehead atoms. The van der Waals surface area contributed by atoms with Crippen LogP contribution < -0.4 is 5.32 Å². The molecule has 2 rings (SSSR count). The standard InChI is InChI=1S/C14H26N4O/c1-3-18-14(9-12(2)16-18)11-17(7-8-19)10-13-5-4-6-15-13/h9,13,15,19H,3-8,10-11H2,1-2H3. The second-order valence-corrected chi connectivity index (χ2v) is 5.34. The fourth-order valence-electron chi connectivity index (χ4n) is 2.83. The van der Waals surface area contributed by atoms with Gasteiger partial charge in [0.25, 0.3) is 0 Å². The predicted octanol–water partition coefficient (Wildman–Crippen LogP) is 0.758. The number of nitrogens with one attached hydrogen (secondary N) is 1. The van der Waals surface area contributed by atoms with Gasteiger partial charge in [-0.3, -0.25) is 9.58 Å². The highest BCUT2D eigenvalue weighted by atomic mass is 16.3. The normalized spacial score (nSPS) is 19.5. The topological polar surface area (TPSA) is 53.3 Å². The van der Waals surface area contributed by atoms with Gasteiger partial charge in [0.05, 0.1) is 18.0 Å². The van der Waals surface area contributed by atoms with E-state index >= 15 is 0 Å². The molecule has 0 aromatic carbocycles. The van der Waals surface area contributed by atoms with Gasteiger partial charge in [0.2, 0.25) is 0 Å². The molecule has 19 heavy (non-hydrogen) atoms. The fourth-order valence-corrected chi connectivity index (χ4v) is 2.83. The van der Waals surface area contributed by atoms with Gasteiger partial charge in [-0.1, -0.05) is 0 Å². The Morgan fingerprint density at radius 2 is 2.42 bits per heavy atom. The van der Waals surface area contributed by atoms with E-state index in [0.717, 1.165) is 38.4 Å². The van der Waals surface area contributed by atoms with Gasteiger partial charge in [0.1, 0.15) is 0 Å². The Morgan fingerprint density at radius 1 is 1.58 bits per heavy atom. The summed E-state index contributed by atoms with van der Waals surface area (Å²) >= 11 is 0. The first-order chi connectivity index (χ1) is 9.22. The molecule has 0 amide bonds. The van der Waals surface area contributed by atoms with Gasteiger partial charge in [-0.15, -0.1) is 0 Å². The number of rotatable bonds is 7. The van der Waals surface area contributed by atoms with Crippen molar-refractivity contribution < 1.29 is 5.11 Å². The maximum Gasteiger partial charge on any atom is 0.0597 e. The van der Waals surface area contributed by atoms with Crippen LogP contribution in [0.25, 0.3) is 0 Å². The van der Waals surface area contributed by atoms with Crippen LogP contribution in [0.3, 0.4) is 0 Å². The van der Waals surface area contributed by atoms with Crippen molar-refractivity contribution in [3.63, 3.8) is 0 Å². The van der Waals surface area contributed by atoms with Gasteiger partial charge >= 0.3 is 0 Å². The van der Waals surface area contributed by atoms with Crippen LogP contribution in [0.4, 0.5) is 0 Å². The summed E-state index contributed by atoms with van der Waals surface area (Å²) in [7, 11) is 0. The third-order valence-electron chi connectivity index (χ3n) is 3.73. The van der Waals surface area contributed by atoms with E-state index in [1.54, 1.807) is 0 Å². The minimum Gasteiger partial charge on any atom is -0.395 e. The third kappa shape index (κ3) is 4.03. The molecule has 1 unspecified atom stereocenters. The molecule has 2 N–H and O–H groups in total. The van der Waals surface area contributed by atoms with Crippen LogP contribution in [0.15, 0.2) is 6.07 Å². The molecule has 2 heterocycles. The highest BCUT2D eigenvalue weighted by Gasteiger charge is 2.18. The lowest BCUT2D eigenvalue weighted by molar-refractivity contribution is 0.175. The number of hydrogen-bond donors (Lipinski definition) is 2. The lowest BCUT2D eigenvalue weighted by Crippen LogP contribution is -2.39. The first-order valence-corrected chi connectivity index (χ1v) is 7.33. The van der Waals surface area contributed by atoms with E-state index in [1.165, 1.54) is 18.5 Å². The maximum absolute atomic E-state index is 9.24. The second kappa shape index (κ2) is 7.03. The van der Waals surface area contributed by atoms with E-state index < -0.39 is 0 Å². The first-order valence-electron chi connectivity index (χ1n) is 7.33. The zero-order valence-corrected chi connectivity index (χ0v) is 12.1. The Balaban J connectivity index is 1.97. The Hall–Kier alpha value is -0.910. The van der Waals surface area contributed by atoms with E-state index in [4.69, 9.17) is 0 Å². The molecule has 1 aromatic rings. The Labute approximate surface area is 115 Å². The fraction of sp³-hybridized carbons (Fsp3) is 0.786. The zero-order chi connectivity index (χ0) is 13.7. The van der Waals surface area contributed by atoms with Crippen LogP contribution in [-0.2, 0) is 13.1 Å². The second-order valence-electron chi connectivity index (χ2n) is 5.34. The van der Waals surface area contributed by atoms with E-state index in [0.29, 0.717) is 6.04 Å². The summed E-state index contributed by atoms with van der Waals surface area (Å²) in [5.74, 6) is 0. The predicted molar refractivity (Wildman–Crippen MR) is 76.0 cm³/mol. The number of aliphatic hydroxyl groups is 1. The smallest absolute Gasteiger partial charge is 0.0597 e. The van der Waals surface area contributed by atoms with E-state index in [2.05, 4.69) is 33.0 Å². The van der Waals surface area contributed by atoms with Crippen molar-refractivity contribution >= 4 is 0 Å². The number of aliphatic hydroxyl groups excluding tert-OH is 1. The molecule has 1 aliphatic heterocycles. The summed E-state index contributed by atoms with van der Waals surface area (Å²) < 4.78 is 2.06. The van der Waals surface area contributed by atoms with Crippen LogP contribution >= 0.6 is 0 Å². The third-order valence-corrected chi connectivity index (χ3v) is 3.73. The number of hydrogen-bond acceptors (Lipinski definition) is 4. The van der Waals surface area contributed by atoms with E-state index in [-0.39, 0.29) is 6.61 Å². The monoisotopic (exact) mass is 266 g/mol. The molecule has 0 radical (unpaired) electrons. The van der Waals surface area contributed by atoms with Gasteiger partial charge in [-0.25, -0.2) is 0 Å². The number of aromatic nitrogens is 2. The first kappa shape index (κ1) is 14.5. The average molecular weight is 266 g/mol. The van der Waals surface area contributed by atoms with Gasteiger partial charge in [0.15, 0.2) is 0 Å². The molecule has 1 aromatic heterocycles. The van der Waals surface area contributed by atoms with Crippen molar-refractivity contribution in [2.45, 2.75) is 45.8 Å². The quantitative estimate of drug-likeness (QED) is 0.765. The zero-order valence-electron chi connectivity index (χ0n) is 12.1. The summed E-state index contributed by atoms with van der Waals surface area (Å²) in [4.78, 5) is 2.33. The van der Waals surface area contributed by atoms with Crippen LogP contribution in [-0.4, -0.2) is 52.1 Å². The minimum atomic E-state index is 0.214. The van der Waals surface area contributed by atoms with E-state index in [9.17, 15) is 5.11 Å². The SMILES string of the molecule is CCn1nc(C)cc1CN(CCO)CC1CCCN1. The van der Waals surface area contributed by atoms with Gasteiger partial charge < -0.3 is 10.4 Å². The highest BCUT2D eigenvalue weighted by molar-refractivity contribution is 5.09. The molecular weight excluding hydrogens is 240 g/mol.